The number of pyridine rings is 1. The molecule has 0 spiro atoms. The molecule has 0 fully saturated rings. The highest BCUT2D eigenvalue weighted by atomic mass is 19.1. The van der Waals surface area contributed by atoms with Gasteiger partial charge in [-0.05, 0) is 32.9 Å². The SMILES string of the molecule is Cc1cc(Nc2nc(N[C@@H](C)c3ccc(F)cn3)c(C#N)nc2C)n[nH]1. The molecule has 0 saturated carbocycles. The lowest BCUT2D eigenvalue weighted by Crippen LogP contribution is -2.13. The normalized spacial score (nSPS) is 11.7. The Morgan fingerprint density at radius 3 is 2.65 bits per heavy atom. The number of aromatic nitrogens is 5. The van der Waals surface area contributed by atoms with Gasteiger partial charge in [-0.25, -0.2) is 14.4 Å². The molecule has 3 heterocycles. The van der Waals surface area contributed by atoms with E-state index in [2.05, 4.69) is 35.8 Å². The summed E-state index contributed by atoms with van der Waals surface area (Å²) in [6, 6.07) is 6.48. The number of anilines is 3. The van der Waals surface area contributed by atoms with Crippen molar-refractivity contribution in [3.05, 3.63) is 53.0 Å². The van der Waals surface area contributed by atoms with E-state index < -0.39 is 5.82 Å². The number of nitrogens with one attached hydrogen (secondary N) is 3. The largest absolute Gasteiger partial charge is 0.359 e. The maximum absolute atomic E-state index is 13.0. The zero-order valence-corrected chi connectivity index (χ0v) is 14.5. The van der Waals surface area contributed by atoms with Crippen molar-refractivity contribution >= 4 is 17.5 Å². The summed E-state index contributed by atoms with van der Waals surface area (Å²) in [5.74, 6) is 0.988. The van der Waals surface area contributed by atoms with Crippen LogP contribution in [0.5, 0.6) is 0 Å². The summed E-state index contributed by atoms with van der Waals surface area (Å²) in [6.45, 7) is 5.48. The van der Waals surface area contributed by atoms with Crippen molar-refractivity contribution in [3.63, 3.8) is 0 Å². The molecule has 132 valence electrons. The van der Waals surface area contributed by atoms with Crippen LogP contribution in [0.4, 0.5) is 21.8 Å². The van der Waals surface area contributed by atoms with Crippen molar-refractivity contribution in [2.45, 2.75) is 26.8 Å². The topological polar surface area (TPSA) is 115 Å². The molecule has 26 heavy (non-hydrogen) atoms. The van der Waals surface area contributed by atoms with E-state index in [1.807, 2.05) is 26.0 Å². The third-order valence-electron chi connectivity index (χ3n) is 3.68. The van der Waals surface area contributed by atoms with Gasteiger partial charge in [-0.2, -0.15) is 10.4 Å². The first kappa shape index (κ1) is 17.3. The van der Waals surface area contributed by atoms with Crippen molar-refractivity contribution in [2.24, 2.45) is 0 Å². The van der Waals surface area contributed by atoms with Gasteiger partial charge in [0, 0.05) is 11.8 Å². The minimum atomic E-state index is -0.408. The van der Waals surface area contributed by atoms with Crippen LogP contribution in [0.1, 0.15) is 35.7 Å². The van der Waals surface area contributed by atoms with E-state index in [4.69, 9.17) is 0 Å². The summed E-state index contributed by atoms with van der Waals surface area (Å²) in [5, 5.41) is 22.5. The molecule has 0 aliphatic rings. The Morgan fingerprint density at radius 1 is 1.23 bits per heavy atom. The fraction of sp³-hybridized carbons (Fsp3) is 0.235. The Bertz CT molecular complexity index is 958. The predicted octanol–water partition coefficient (Wildman–Crippen LogP) is 3.14. The lowest BCUT2D eigenvalue weighted by atomic mass is 10.2. The second kappa shape index (κ2) is 7.14. The summed E-state index contributed by atoms with van der Waals surface area (Å²) < 4.78 is 13.0. The van der Waals surface area contributed by atoms with Gasteiger partial charge in [0.15, 0.2) is 23.1 Å². The number of H-pyrrole nitrogens is 1. The van der Waals surface area contributed by atoms with E-state index in [1.165, 1.54) is 6.07 Å². The average molecular weight is 352 g/mol. The standard InChI is InChI=1S/C17H17FN8/c1-9-6-15(26-25-9)23-16-11(3)21-14(7-19)17(24-16)22-10(2)13-5-4-12(18)8-20-13/h4-6,8,10H,1-3H3,(H3,22,23,24,25,26)/t10-/m0/s1. The first-order valence-corrected chi connectivity index (χ1v) is 7.92. The maximum Gasteiger partial charge on any atom is 0.183 e. The summed E-state index contributed by atoms with van der Waals surface area (Å²) >= 11 is 0. The van der Waals surface area contributed by atoms with Crippen molar-refractivity contribution in [1.82, 2.24) is 25.1 Å². The molecule has 0 aliphatic heterocycles. The highest BCUT2D eigenvalue weighted by Crippen LogP contribution is 2.23. The Labute approximate surface area is 149 Å². The highest BCUT2D eigenvalue weighted by molar-refractivity contribution is 5.60. The molecule has 3 N–H and O–H groups in total. The number of hydrogen-bond donors (Lipinski definition) is 3. The molecular formula is C17H17FN8. The number of aryl methyl sites for hydroxylation is 2. The molecule has 0 bridgehead atoms. The van der Waals surface area contributed by atoms with Crippen LogP contribution in [-0.4, -0.2) is 25.1 Å². The van der Waals surface area contributed by atoms with E-state index >= 15 is 0 Å². The molecule has 9 heteroatoms. The minimum Gasteiger partial charge on any atom is -0.359 e. The summed E-state index contributed by atoms with van der Waals surface area (Å²) in [4.78, 5) is 12.8. The van der Waals surface area contributed by atoms with Crippen LogP contribution in [0.25, 0.3) is 0 Å². The van der Waals surface area contributed by atoms with Crippen LogP contribution in [0, 0.1) is 31.0 Å². The number of nitrogens with zero attached hydrogens (tertiary/aromatic N) is 5. The molecule has 0 saturated heterocycles. The number of halogens is 1. The molecule has 0 aromatic carbocycles. The van der Waals surface area contributed by atoms with Crippen LogP contribution < -0.4 is 10.6 Å². The van der Waals surface area contributed by atoms with Gasteiger partial charge in [-0.3, -0.25) is 10.1 Å². The van der Waals surface area contributed by atoms with E-state index in [0.717, 1.165) is 11.9 Å². The first-order valence-electron chi connectivity index (χ1n) is 7.92. The summed E-state index contributed by atoms with van der Waals surface area (Å²) in [7, 11) is 0. The van der Waals surface area contributed by atoms with E-state index in [0.29, 0.717) is 28.8 Å². The average Bonchev–Trinajstić information content (AvgIpc) is 3.03. The number of rotatable bonds is 5. The van der Waals surface area contributed by atoms with E-state index in [-0.39, 0.29) is 11.7 Å². The first-order chi connectivity index (χ1) is 12.5. The number of aromatic amines is 1. The Balaban J connectivity index is 1.88. The lowest BCUT2D eigenvalue weighted by molar-refractivity contribution is 0.617. The second-order valence-electron chi connectivity index (χ2n) is 5.80. The minimum absolute atomic E-state index is 0.167. The highest BCUT2D eigenvalue weighted by Gasteiger charge is 2.15. The lowest BCUT2D eigenvalue weighted by Gasteiger charge is -2.16. The number of nitriles is 1. The fourth-order valence-electron chi connectivity index (χ4n) is 2.34. The number of hydrogen-bond acceptors (Lipinski definition) is 7. The second-order valence-corrected chi connectivity index (χ2v) is 5.80. The van der Waals surface area contributed by atoms with Gasteiger partial charge >= 0.3 is 0 Å². The van der Waals surface area contributed by atoms with E-state index in [1.54, 1.807) is 13.0 Å². The molecule has 1 atom stereocenters. The fourth-order valence-corrected chi connectivity index (χ4v) is 2.34. The third kappa shape index (κ3) is 3.75. The van der Waals surface area contributed by atoms with Crippen LogP contribution in [0.15, 0.2) is 24.4 Å². The smallest absolute Gasteiger partial charge is 0.183 e. The molecular weight excluding hydrogens is 335 g/mol. The molecule has 0 unspecified atom stereocenters. The molecule has 8 nitrogen and oxygen atoms in total. The Morgan fingerprint density at radius 2 is 2.04 bits per heavy atom. The summed E-state index contributed by atoms with van der Waals surface area (Å²) in [6.07, 6.45) is 1.15. The van der Waals surface area contributed by atoms with Gasteiger partial charge in [0.05, 0.1) is 23.6 Å². The van der Waals surface area contributed by atoms with Gasteiger partial charge in [-0.1, -0.05) is 0 Å². The van der Waals surface area contributed by atoms with Crippen molar-refractivity contribution in [1.29, 1.82) is 5.26 Å². The molecule has 3 rings (SSSR count). The summed E-state index contributed by atoms with van der Waals surface area (Å²) in [5.41, 5.74) is 2.26. The zero-order chi connectivity index (χ0) is 18.7. The monoisotopic (exact) mass is 352 g/mol. The maximum atomic E-state index is 13.0. The van der Waals surface area contributed by atoms with E-state index in [9.17, 15) is 9.65 Å². The van der Waals surface area contributed by atoms with Crippen LogP contribution in [-0.2, 0) is 0 Å². The zero-order valence-electron chi connectivity index (χ0n) is 14.5. The molecule has 0 radical (unpaired) electrons. The Kier molecular flexibility index (Phi) is 4.75. The van der Waals surface area contributed by atoms with Crippen LogP contribution in [0.2, 0.25) is 0 Å². The van der Waals surface area contributed by atoms with Gasteiger partial charge in [-0.15, -0.1) is 0 Å². The van der Waals surface area contributed by atoms with Gasteiger partial charge in [0.25, 0.3) is 0 Å². The van der Waals surface area contributed by atoms with Gasteiger partial charge < -0.3 is 10.6 Å². The van der Waals surface area contributed by atoms with Gasteiger partial charge in [0.1, 0.15) is 11.9 Å². The van der Waals surface area contributed by atoms with Crippen molar-refractivity contribution in [3.8, 4) is 6.07 Å². The van der Waals surface area contributed by atoms with Crippen molar-refractivity contribution < 1.29 is 4.39 Å². The third-order valence-corrected chi connectivity index (χ3v) is 3.68. The molecule has 0 amide bonds. The van der Waals surface area contributed by atoms with Gasteiger partial charge in [0.2, 0.25) is 0 Å². The Hall–Kier alpha value is -3.54. The molecule has 3 aromatic heterocycles. The predicted molar refractivity (Wildman–Crippen MR) is 94.3 cm³/mol. The van der Waals surface area contributed by atoms with Crippen LogP contribution >= 0.6 is 0 Å². The molecule has 0 aliphatic carbocycles. The van der Waals surface area contributed by atoms with Crippen LogP contribution in [0.3, 0.4) is 0 Å². The quantitative estimate of drug-likeness (QED) is 0.646. The molecule has 3 aromatic rings. The van der Waals surface area contributed by atoms with Crippen molar-refractivity contribution in [2.75, 3.05) is 10.6 Å².